The molecule has 0 aromatic heterocycles. The van der Waals surface area contributed by atoms with Crippen LogP contribution in [-0.2, 0) is 16.1 Å². The van der Waals surface area contributed by atoms with Crippen molar-refractivity contribution in [2.75, 3.05) is 13.7 Å². The highest BCUT2D eigenvalue weighted by atomic mass is 16.5. The van der Waals surface area contributed by atoms with Gasteiger partial charge in [0.15, 0.2) is 0 Å². The van der Waals surface area contributed by atoms with Gasteiger partial charge < -0.3 is 15.0 Å². The van der Waals surface area contributed by atoms with E-state index in [4.69, 9.17) is 4.74 Å². The summed E-state index contributed by atoms with van der Waals surface area (Å²) in [4.78, 5) is 26.7. The molecule has 1 aliphatic heterocycles. The molecule has 2 aromatic rings. The summed E-state index contributed by atoms with van der Waals surface area (Å²) in [5.41, 5.74) is 2.99. The van der Waals surface area contributed by atoms with Crippen LogP contribution in [0.3, 0.4) is 0 Å². The number of amides is 2. The van der Waals surface area contributed by atoms with Gasteiger partial charge in [0.05, 0.1) is 13.7 Å². The molecule has 3 rings (SSSR count). The Morgan fingerprint density at radius 2 is 1.73 bits per heavy atom. The molecule has 1 heterocycles. The Balaban J connectivity index is 1.88. The average Bonchev–Trinajstić information content (AvgIpc) is 2.65. The highest BCUT2D eigenvalue weighted by Gasteiger charge is 2.35. The van der Waals surface area contributed by atoms with Crippen molar-refractivity contribution in [1.82, 2.24) is 10.2 Å². The minimum Gasteiger partial charge on any atom is -0.497 e. The van der Waals surface area contributed by atoms with E-state index in [1.165, 1.54) is 5.56 Å². The van der Waals surface area contributed by atoms with Gasteiger partial charge in [0.1, 0.15) is 11.8 Å². The standard InChI is InChI=1S/C21H24N2O3/c1-14(2)16-6-8-17(9-7-16)20-21(25)22-12-19(24)23(20)13-15-4-10-18(26-3)11-5-15/h4-11,14,20H,12-13H2,1-3H3,(H,22,25). The SMILES string of the molecule is COc1ccc(CN2C(=O)CNC(=O)C2c2ccc(C(C)C)cc2)cc1. The number of rotatable bonds is 5. The largest absolute Gasteiger partial charge is 0.497 e. The summed E-state index contributed by atoms with van der Waals surface area (Å²) in [6, 6.07) is 14.9. The third-order valence-corrected chi connectivity index (χ3v) is 4.73. The molecular formula is C21H24N2O3. The van der Waals surface area contributed by atoms with Gasteiger partial charge in [-0.3, -0.25) is 9.59 Å². The van der Waals surface area contributed by atoms with Crippen molar-refractivity contribution in [3.8, 4) is 5.75 Å². The predicted octanol–water partition coefficient (Wildman–Crippen LogP) is 3.02. The van der Waals surface area contributed by atoms with Crippen molar-refractivity contribution >= 4 is 11.8 Å². The number of ether oxygens (including phenoxy) is 1. The molecular weight excluding hydrogens is 328 g/mol. The fraction of sp³-hybridized carbons (Fsp3) is 0.333. The first kappa shape index (κ1) is 18.0. The summed E-state index contributed by atoms with van der Waals surface area (Å²) >= 11 is 0. The summed E-state index contributed by atoms with van der Waals surface area (Å²) < 4.78 is 5.17. The molecule has 1 atom stereocenters. The van der Waals surface area contributed by atoms with E-state index < -0.39 is 6.04 Å². The van der Waals surface area contributed by atoms with Crippen LogP contribution in [0.2, 0.25) is 0 Å². The Labute approximate surface area is 154 Å². The molecule has 2 amide bonds. The summed E-state index contributed by atoms with van der Waals surface area (Å²) in [5, 5.41) is 2.70. The molecule has 26 heavy (non-hydrogen) atoms. The van der Waals surface area contributed by atoms with Crippen LogP contribution < -0.4 is 10.1 Å². The first-order chi connectivity index (χ1) is 12.5. The van der Waals surface area contributed by atoms with Crippen LogP contribution in [0.4, 0.5) is 0 Å². The van der Waals surface area contributed by atoms with Crippen LogP contribution in [-0.4, -0.2) is 30.4 Å². The molecule has 1 fully saturated rings. The summed E-state index contributed by atoms with van der Waals surface area (Å²) in [5.74, 6) is 0.951. The number of benzene rings is 2. The lowest BCUT2D eigenvalue weighted by Gasteiger charge is -2.35. The zero-order valence-electron chi connectivity index (χ0n) is 15.4. The molecule has 2 aromatic carbocycles. The van der Waals surface area contributed by atoms with E-state index in [9.17, 15) is 9.59 Å². The molecule has 136 valence electrons. The van der Waals surface area contributed by atoms with Crippen LogP contribution in [0.1, 0.15) is 42.5 Å². The Morgan fingerprint density at radius 3 is 2.31 bits per heavy atom. The smallest absolute Gasteiger partial charge is 0.247 e. The van der Waals surface area contributed by atoms with Gasteiger partial charge >= 0.3 is 0 Å². The molecule has 0 spiro atoms. The second kappa shape index (κ2) is 7.60. The Hall–Kier alpha value is -2.82. The van der Waals surface area contributed by atoms with Crippen LogP contribution >= 0.6 is 0 Å². The molecule has 1 unspecified atom stereocenters. The maximum absolute atomic E-state index is 12.5. The van der Waals surface area contributed by atoms with Gasteiger partial charge in [-0.15, -0.1) is 0 Å². The lowest BCUT2D eigenvalue weighted by atomic mass is 9.96. The quantitative estimate of drug-likeness (QED) is 0.900. The van der Waals surface area contributed by atoms with Gasteiger partial charge in [0.25, 0.3) is 0 Å². The molecule has 1 saturated heterocycles. The molecule has 0 aliphatic carbocycles. The number of methoxy groups -OCH3 is 1. The highest BCUT2D eigenvalue weighted by Crippen LogP contribution is 2.27. The van der Waals surface area contributed by atoms with Gasteiger partial charge in [0, 0.05) is 6.54 Å². The monoisotopic (exact) mass is 352 g/mol. The Bertz CT molecular complexity index is 782. The van der Waals surface area contributed by atoms with Gasteiger partial charge in [-0.1, -0.05) is 50.2 Å². The zero-order valence-corrected chi connectivity index (χ0v) is 15.4. The minimum atomic E-state index is -0.612. The molecule has 0 saturated carbocycles. The normalized spacial score (nSPS) is 17.4. The van der Waals surface area contributed by atoms with Crippen molar-refractivity contribution in [2.24, 2.45) is 0 Å². The number of piperazine rings is 1. The second-order valence-electron chi connectivity index (χ2n) is 6.81. The maximum Gasteiger partial charge on any atom is 0.247 e. The third kappa shape index (κ3) is 3.72. The van der Waals surface area contributed by atoms with E-state index in [0.717, 1.165) is 16.9 Å². The van der Waals surface area contributed by atoms with Crippen molar-refractivity contribution in [3.05, 3.63) is 65.2 Å². The predicted molar refractivity (Wildman–Crippen MR) is 99.8 cm³/mol. The number of carbonyl (C=O) groups excluding carboxylic acids is 2. The molecule has 0 radical (unpaired) electrons. The van der Waals surface area contributed by atoms with Crippen LogP contribution in [0.25, 0.3) is 0 Å². The molecule has 1 N–H and O–H groups in total. The number of hydrogen-bond donors (Lipinski definition) is 1. The third-order valence-electron chi connectivity index (χ3n) is 4.73. The first-order valence-electron chi connectivity index (χ1n) is 8.79. The number of hydrogen-bond acceptors (Lipinski definition) is 3. The lowest BCUT2D eigenvalue weighted by molar-refractivity contribution is -0.146. The van der Waals surface area contributed by atoms with E-state index in [-0.39, 0.29) is 18.4 Å². The first-order valence-corrected chi connectivity index (χ1v) is 8.79. The van der Waals surface area contributed by atoms with E-state index in [0.29, 0.717) is 12.5 Å². The van der Waals surface area contributed by atoms with Crippen LogP contribution in [0.15, 0.2) is 48.5 Å². The van der Waals surface area contributed by atoms with Crippen molar-refractivity contribution in [3.63, 3.8) is 0 Å². The van der Waals surface area contributed by atoms with E-state index in [2.05, 4.69) is 19.2 Å². The Kier molecular flexibility index (Phi) is 5.26. The van der Waals surface area contributed by atoms with Crippen molar-refractivity contribution in [2.45, 2.75) is 32.4 Å². The number of nitrogens with zero attached hydrogens (tertiary/aromatic N) is 1. The van der Waals surface area contributed by atoms with Gasteiger partial charge in [-0.2, -0.15) is 0 Å². The maximum atomic E-state index is 12.5. The van der Waals surface area contributed by atoms with Crippen LogP contribution in [0.5, 0.6) is 5.75 Å². The summed E-state index contributed by atoms with van der Waals surface area (Å²) in [6.07, 6.45) is 0. The van der Waals surface area contributed by atoms with E-state index in [1.54, 1.807) is 12.0 Å². The fourth-order valence-corrected chi connectivity index (χ4v) is 3.15. The zero-order chi connectivity index (χ0) is 18.7. The number of carbonyl (C=O) groups is 2. The average molecular weight is 352 g/mol. The summed E-state index contributed by atoms with van der Waals surface area (Å²) in [6.45, 7) is 4.67. The number of nitrogens with one attached hydrogen (secondary N) is 1. The molecule has 5 nitrogen and oxygen atoms in total. The highest BCUT2D eigenvalue weighted by molar-refractivity contribution is 5.95. The summed E-state index contributed by atoms with van der Waals surface area (Å²) in [7, 11) is 1.62. The second-order valence-corrected chi connectivity index (χ2v) is 6.81. The van der Waals surface area contributed by atoms with E-state index >= 15 is 0 Å². The molecule has 5 heteroatoms. The van der Waals surface area contributed by atoms with Gasteiger partial charge in [-0.05, 0) is 34.7 Å². The topological polar surface area (TPSA) is 58.6 Å². The van der Waals surface area contributed by atoms with Gasteiger partial charge in [0.2, 0.25) is 11.8 Å². The Morgan fingerprint density at radius 1 is 1.08 bits per heavy atom. The van der Waals surface area contributed by atoms with Gasteiger partial charge in [-0.25, -0.2) is 0 Å². The molecule has 1 aliphatic rings. The minimum absolute atomic E-state index is 0.0373. The van der Waals surface area contributed by atoms with Crippen LogP contribution in [0, 0.1) is 0 Å². The van der Waals surface area contributed by atoms with Crippen molar-refractivity contribution < 1.29 is 14.3 Å². The van der Waals surface area contributed by atoms with E-state index in [1.807, 2.05) is 48.5 Å². The lowest BCUT2D eigenvalue weighted by Crippen LogP contribution is -2.53. The molecule has 0 bridgehead atoms. The van der Waals surface area contributed by atoms with Crippen molar-refractivity contribution in [1.29, 1.82) is 0 Å². The fourth-order valence-electron chi connectivity index (χ4n) is 3.15.